The Morgan fingerprint density at radius 3 is 2.12 bits per heavy atom. The Balaban J connectivity index is 1.68. The molecule has 1 aromatic carbocycles. The third kappa shape index (κ3) is 2.50. The lowest BCUT2D eigenvalue weighted by Crippen LogP contribution is -2.61. The molecule has 5 nitrogen and oxygen atoms in total. The number of pyridine rings is 2. The van der Waals surface area contributed by atoms with Crippen LogP contribution in [0.2, 0.25) is 0 Å². The Kier molecular flexibility index (Phi) is 3.67. The molecule has 0 saturated carbocycles. The maximum atomic E-state index is 12.7. The largest absolute Gasteiger partial charge is 0.478 e. The van der Waals surface area contributed by atoms with Gasteiger partial charge >= 0.3 is 0 Å². The molecule has 1 fully saturated rings. The Bertz CT molecular complexity index is 825. The molecule has 2 atom stereocenters. The van der Waals surface area contributed by atoms with Gasteiger partial charge in [0.25, 0.3) is 5.91 Å². The van der Waals surface area contributed by atoms with Gasteiger partial charge in [-0.15, -0.1) is 0 Å². The van der Waals surface area contributed by atoms with Crippen molar-refractivity contribution in [3.63, 3.8) is 0 Å². The molecule has 0 aliphatic carbocycles. The normalized spacial score (nSPS) is 19.7. The predicted octanol–water partition coefficient (Wildman–Crippen LogP) is 3.01. The van der Waals surface area contributed by atoms with Gasteiger partial charge in [-0.2, -0.15) is 0 Å². The summed E-state index contributed by atoms with van der Waals surface area (Å²) in [5.74, 6) is 0.621. The number of para-hydroxylation sites is 1. The highest BCUT2D eigenvalue weighted by atomic mass is 16.5. The first kappa shape index (κ1) is 14.4. The van der Waals surface area contributed by atoms with Crippen molar-refractivity contribution >= 4 is 11.6 Å². The summed E-state index contributed by atoms with van der Waals surface area (Å²) in [5, 5.41) is 0. The number of β-lactam (4-membered cyclic amide) rings is 1. The van der Waals surface area contributed by atoms with Crippen molar-refractivity contribution in [3.8, 4) is 5.75 Å². The number of ether oxygens (including phenoxy) is 1. The number of amides is 1. The van der Waals surface area contributed by atoms with Crippen LogP contribution in [0.5, 0.6) is 5.75 Å². The van der Waals surface area contributed by atoms with Crippen molar-refractivity contribution in [2.45, 2.75) is 12.1 Å². The van der Waals surface area contributed by atoms with E-state index in [1.54, 1.807) is 29.7 Å². The van der Waals surface area contributed by atoms with Gasteiger partial charge in [0.2, 0.25) is 6.10 Å². The minimum absolute atomic E-state index is 0.0631. The van der Waals surface area contributed by atoms with Crippen LogP contribution >= 0.6 is 0 Å². The Morgan fingerprint density at radius 1 is 0.833 bits per heavy atom. The number of hydrogen-bond donors (Lipinski definition) is 0. The SMILES string of the molecule is O=C1[C@@H](Oc2ccccc2)[C@@H](c2ccncc2)N1c1ccncc1. The van der Waals surface area contributed by atoms with Gasteiger partial charge in [0.15, 0.2) is 0 Å². The van der Waals surface area contributed by atoms with Crippen molar-refractivity contribution in [3.05, 3.63) is 84.9 Å². The Hall–Kier alpha value is -3.21. The van der Waals surface area contributed by atoms with E-state index in [1.807, 2.05) is 54.6 Å². The van der Waals surface area contributed by atoms with Gasteiger partial charge in [-0.3, -0.25) is 19.7 Å². The summed E-state index contributed by atoms with van der Waals surface area (Å²) in [6.45, 7) is 0. The highest BCUT2D eigenvalue weighted by Crippen LogP contribution is 2.40. The molecule has 0 spiro atoms. The van der Waals surface area contributed by atoms with E-state index in [-0.39, 0.29) is 11.9 Å². The van der Waals surface area contributed by atoms with Gasteiger partial charge in [-0.05, 0) is 42.0 Å². The number of benzene rings is 1. The van der Waals surface area contributed by atoms with Crippen molar-refractivity contribution in [2.75, 3.05) is 4.90 Å². The molecule has 3 heterocycles. The first-order chi connectivity index (χ1) is 11.8. The fourth-order valence-electron chi connectivity index (χ4n) is 2.90. The molecule has 0 bridgehead atoms. The molecular formula is C19H15N3O2. The molecule has 0 N–H and O–H groups in total. The fourth-order valence-corrected chi connectivity index (χ4v) is 2.90. The summed E-state index contributed by atoms with van der Waals surface area (Å²) in [4.78, 5) is 22.5. The van der Waals surface area contributed by atoms with E-state index in [9.17, 15) is 4.79 Å². The minimum atomic E-state index is -0.553. The Morgan fingerprint density at radius 2 is 1.46 bits per heavy atom. The van der Waals surface area contributed by atoms with Crippen LogP contribution in [-0.4, -0.2) is 22.0 Å². The molecule has 3 aromatic rings. The summed E-state index contributed by atoms with van der Waals surface area (Å²) >= 11 is 0. The minimum Gasteiger partial charge on any atom is -0.478 e. The quantitative estimate of drug-likeness (QED) is 0.694. The zero-order valence-electron chi connectivity index (χ0n) is 12.8. The topological polar surface area (TPSA) is 55.3 Å². The average molecular weight is 317 g/mol. The van der Waals surface area contributed by atoms with Crippen molar-refractivity contribution in [1.82, 2.24) is 9.97 Å². The lowest BCUT2D eigenvalue weighted by molar-refractivity contribution is -0.135. The third-order valence-electron chi connectivity index (χ3n) is 4.04. The van der Waals surface area contributed by atoms with Gasteiger partial charge < -0.3 is 4.74 Å². The molecule has 0 radical (unpaired) electrons. The number of hydrogen-bond acceptors (Lipinski definition) is 4. The van der Waals surface area contributed by atoms with E-state index in [4.69, 9.17) is 4.74 Å². The van der Waals surface area contributed by atoms with Crippen molar-refractivity contribution in [1.29, 1.82) is 0 Å². The van der Waals surface area contributed by atoms with E-state index in [2.05, 4.69) is 9.97 Å². The van der Waals surface area contributed by atoms with E-state index in [0.29, 0.717) is 5.75 Å². The molecular weight excluding hydrogens is 302 g/mol. The van der Waals surface area contributed by atoms with Gasteiger partial charge in [0.05, 0.1) is 0 Å². The molecule has 1 aliphatic heterocycles. The van der Waals surface area contributed by atoms with Crippen molar-refractivity contribution in [2.24, 2.45) is 0 Å². The number of rotatable bonds is 4. The molecule has 5 heteroatoms. The van der Waals surface area contributed by atoms with Gasteiger partial charge in [0, 0.05) is 30.5 Å². The maximum Gasteiger partial charge on any atom is 0.271 e. The second-order valence-electron chi connectivity index (χ2n) is 5.49. The van der Waals surface area contributed by atoms with E-state index < -0.39 is 6.10 Å². The van der Waals surface area contributed by atoms with Gasteiger partial charge in [-0.25, -0.2) is 0 Å². The molecule has 1 aliphatic rings. The van der Waals surface area contributed by atoms with Gasteiger partial charge in [0.1, 0.15) is 11.8 Å². The first-order valence-corrected chi connectivity index (χ1v) is 7.69. The summed E-state index contributed by atoms with van der Waals surface area (Å²) in [7, 11) is 0. The zero-order chi connectivity index (χ0) is 16.4. The predicted molar refractivity (Wildman–Crippen MR) is 89.6 cm³/mol. The molecule has 24 heavy (non-hydrogen) atoms. The van der Waals surface area contributed by atoms with Gasteiger partial charge in [-0.1, -0.05) is 18.2 Å². The van der Waals surface area contributed by atoms with Crippen LogP contribution in [-0.2, 0) is 4.79 Å². The summed E-state index contributed by atoms with van der Waals surface area (Å²) in [6, 6.07) is 16.7. The summed E-state index contributed by atoms with van der Waals surface area (Å²) in [6.07, 6.45) is 6.25. The fraction of sp³-hybridized carbons (Fsp3) is 0.105. The van der Waals surface area contributed by atoms with Crippen LogP contribution in [0.25, 0.3) is 0 Å². The lowest BCUT2D eigenvalue weighted by Gasteiger charge is -2.46. The number of carbonyl (C=O) groups is 1. The second-order valence-corrected chi connectivity index (χ2v) is 5.49. The second kappa shape index (κ2) is 6.12. The van der Waals surface area contributed by atoms with Crippen LogP contribution in [0.15, 0.2) is 79.4 Å². The van der Waals surface area contributed by atoms with Crippen molar-refractivity contribution < 1.29 is 9.53 Å². The summed E-state index contributed by atoms with van der Waals surface area (Å²) < 4.78 is 5.95. The van der Waals surface area contributed by atoms with E-state index in [0.717, 1.165) is 11.3 Å². The monoisotopic (exact) mass is 317 g/mol. The maximum absolute atomic E-state index is 12.7. The third-order valence-corrected chi connectivity index (χ3v) is 4.04. The van der Waals surface area contributed by atoms with Crippen LogP contribution in [0.4, 0.5) is 5.69 Å². The van der Waals surface area contributed by atoms with Crippen LogP contribution in [0, 0.1) is 0 Å². The molecule has 2 aromatic heterocycles. The highest BCUT2D eigenvalue weighted by Gasteiger charge is 2.51. The lowest BCUT2D eigenvalue weighted by atomic mass is 9.90. The Labute approximate surface area is 139 Å². The molecule has 0 unspecified atom stereocenters. The highest BCUT2D eigenvalue weighted by molar-refractivity contribution is 6.05. The zero-order valence-corrected chi connectivity index (χ0v) is 12.8. The number of anilines is 1. The first-order valence-electron chi connectivity index (χ1n) is 7.69. The summed E-state index contributed by atoms with van der Waals surface area (Å²) in [5.41, 5.74) is 1.80. The molecule has 1 saturated heterocycles. The standard InChI is InChI=1S/C19H15N3O2/c23-19-18(24-16-4-2-1-3-5-16)17(14-6-10-20-11-7-14)22(19)15-8-12-21-13-9-15/h1-13,17-18H/t17-,18+/m1/s1. The van der Waals surface area contributed by atoms with Crippen LogP contribution in [0.1, 0.15) is 11.6 Å². The number of aromatic nitrogens is 2. The molecule has 118 valence electrons. The smallest absolute Gasteiger partial charge is 0.271 e. The van der Waals surface area contributed by atoms with E-state index >= 15 is 0 Å². The number of nitrogens with zero attached hydrogens (tertiary/aromatic N) is 3. The van der Waals surface area contributed by atoms with E-state index in [1.165, 1.54) is 0 Å². The molecule has 4 rings (SSSR count). The van der Waals surface area contributed by atoms with Crippen LogP contribution < -0.4 is 9.64 Å². The average Bonchev–Trinajstić information content (AvgIpc) is 2.66. The molecule has 1 amide bonds. The number of carbonyl (C=O) groups excluding carboxylic acids is 1. The van der Waals surface area contributed by atoms with Crippen LogP contribution in [0.3, 0.4) is 0 Å².